The van der Waals surface area contributed by atoms with Gasteiger partial charge in [0.15, 0.2) is 0 Å². The normalized spacial score (nSPS) is 15.7. The summed E-state index contributed by atoms with van der Waals surface area (Å²) in [7, 11) is 0. The summed E-state index contributed by atoms with van der Waals surface area (Å²) < 4.78 is 264. The molecule has 0 saturated heterocycles. The Labute approximate surface area is 172 Å². The van der Waals surface area contributed by atoms with Gasteiger partial charge in [-0.15, -0.1) is 11.5 Å². The van der Waals surface area contributed by atoms with Gasteiger partial charge in [-0.3, -0.25) is 0 Å². The molecule has 0 radical (unpaired) electrons. The molecule has 22 heteroatoms. The third-order valence-corrected chi connectivity index (χ3v) is 3.04. The van der Waals surface area contributed by atoms with E-state index in [-0.39, 0.29) is 0 Å². The van der Waals surface area contributed by atoms with Crippen LogP contribution in [0.25, 0.3) is 0 Å². The summed E-state index contributed by atoms with van der Waals surface area (Å²) in [6, 6.07) is -26.9. The highest BCUT2D eigenvalue weighted by atomic mass is 19.4. The van der Waals surface area contributed by atoms with Crippen LogP contribution in [0.4, 0.5) is 92.2 Å². The summed E-state index contributed by atoms with van der Waals surface area (Å²) in [5, 5.41) is 0. The van der Waals surface area contributed by atoms with Crippen molar-refractivity contribution in [2.45, 2.75) is 61.4 Å². The van der Waals surface area contributed by atoms with Crippen molar-refractivity contribution in [2.24, 2.45) is 0 Å². The van der Waals surface area contributed by atoms with Crippen molar-refractivity contribution in [1.82, 2.24) is 4.90 Å². The average Bonchev–Trinajstić information content (AvgIpc) is 2.50. The lowest BCUT2D eigenvalue weighted by atomic mass is 10.1. The molecule has 206 valence electrons. The molecule has 0 aromatic carbocycles. The van der Waals surface area contributed by atoms with E-state index in [0.717, 1.165) is 0 Å². The van der Waals surface area contributed by atoms with E-state index in [1.54, 1.807) is 6.08 Å². The van der Waals surface area contributed by atoms with Crippen LogP contribution < -0.4 is 0 Å². The van der Waals surface area contributed by atoms with Crippen LogP contribution >= 0.6 is 0 Å². The van der Waals surface area contributed by atoms with E-state index in [0.29, 0.717) is 0 Å². The smallest absolute Gasteiger partial charge is 0.187 e. The zero-order valence-corrected chi connectivity index (χ0v) is 15.2. The first-order valence-electron chi connectivity index (χ1n) is 7.13. The molecule has 0 aliphatic heterocycles. The van der Waals surface area contributed by atoms with Crippen molar-refractivity contribution in [3.63, 3.8) is 0 Å². The SMILES string of the molecule is C=CC.FC(F)(F)C(F)(F)C(F)(F)N(C(F)(F)C(F)(F)C(F)(F)F)C(F)(F)C(F)(F)C(F)(F)F. The predicted molar refractivity (Wildman–Crippen MR) is 65.6 cm³/mol. The average molecular weight is 563 g/mol. The Morgan fingerprint density at radius 1 is 0.412 bits per heavy atom. The number of nitrogens with zero attached hydrogens (tertiary/aromatic N) is 1. The molecule has 0 aromatic heterocycles. The molecule has 0 fully saturated rings. The predicted octanol–water partition coefficient (Wildman–Crippen LogP) is 7.85. The molecule has 0 spiro atoms. The van der Waals surface area contributed by atoms with Crippen LogP contribution in [-0.4, -0.2) is 59.3 Å². The summed E-state index contributed by atoms with van der Waals surface area (Å²) in [5.41, 5.74) is 0. The molecule has 0 rings (SSSR count). The lowest BCUT2D eigenvalue weighted by Crippen LogP contribution is -2.78. The van der Waals surface area contributed by atoms with E-state index in [4.69, 9.17) is 0 Å². The Morgan fingerprint density at radius 2 is 0.529 bits per heavy atom. The summed E-state index contributed by atoms with van der Waals surface area (Å²) in [6.45, 7) is 5.25. The zero-order valence-electron chi connectivity index (χ0n) is 15.2. The standard InChI is InChI=1S/C9F21N.C3H6/c10-1(11,4(16,17)18)7(25,26)31(8(27,28)2(12,13)5(19,20)21)9(29,30)3(14,15)6(22,23)24;1-3-2/h;3H,1H2,2H3. The number of rotatable bonds is 6. The second-order valence-electron chi connectivity index (χ2n) is 5.58. The minimum absolute atomic E-state index is 1.75. The highest BCUT2D eigenvalue weighted by molar-refractivity contribution is 5.06. The fourth-order valence-electron chi connectivity index (χ4n) is 1.46. The summed E-state index contributed by atoms with van der Waals surface area (Å²) in [6.07, 6.45) is -22.7. The van der Waals surface area contributed by atoms with Crippen LogP contribution in [0, 0.1) is 0 Å². The van der Waals surface area contributed by atoms with Crippen LogP contribution in [0.3, 0.4) is 0 Å². The van der Waals surface area contributed by atoms with Crippen molar-refractivity contribution >= 4 is 0 Å². The van der Waals surface area contributed by atoms with Gasteiger partial charge in [0.1, 0.15) is 0 Å². The minimum atomic E-state index is -8.97. The van der Waals surface area contributed by atoms with E-state index in [2.05, 4.69) is 6.58 Å². The van der Waals surface area contributed by atoms with Crippen LogP contribution in [0.15, 0.2) is 12.7 Å². The molecule has 1 nitrogen and oxygen atoms in total. The van der Waals surface area contributed by atoms with Crippen molar-refractivity contribution in [3.8, 4) is 0 Å². The molecule has 0 unspecified atom stereocenters. The Hall–Kier alpha value is -1.77. The van der Waals surface area contributed by atoms with E-state index >= 15 is 0 Å². The van der Waals surface area contributed by atoms with Gasteiger partial charge in [-0.05, 0) is 6.92 Å². The Balaban J connectivity index is 0. The monoisotopic (exact) mass is 563 g/mol. The first kappa shape index (κ1) is 34.4. The fourth-order valence-corrected chi connectivity index (χ4v) is 1.46. The van der Waals surface area contributed by atoms with Gasteiger partial charge in [0, 0.05) is 0 Å². The van der Waals surface area contributed by atoms with Gasteiger partial charge in [0.05, 0.1) is 0 Å². The molecule has 0 bridgehead atoms. The van der Waals surface area contributed by atoms with Gasteiger partial charge in [-0.2, -0.15) is 92.2 Å². The van der Waals surface area contributed by atoms with Crippen molar-refractivity contribution in [1.29, 1.82) is 0 Å². The summed E-state index contributed by atoms with van der Waals surface area (Å²) >= 11 is 0. The minimum Gasteiger partial charge on any atom is -0.187 e. The molecule has 0 amide bonds. The van der Waals surface area contributed by atoms with Gasteiger partial charge >= 0.3 is 54.4 Å². The number of alkyl halides is 21. The van der Waals surface area contributed by atoms with Crippen LogP contribution in [0.5, 0.6) is 0 Å². The number of halogens is 21. The molecule has 0 N–H and O–H groups in total. The first-order valence-corrected chi connectivity index (χ1v) is 7.13. The Morgan fingerprint density at radius 3 is 0.618 bits per heavy atom. The van der Waals surface area contributed by atoms with E-state index in [9.17, 15) is 92.2 Å². The van der Waals surface area contributed by atoms with Crippen molar-refractivity contribution < 1.29 is 92.2 Å². The Kier molecular flexibility index (Phi) is 9.13. The molecule has 0 aliphatic carbocycles. The third-order valence-electron chi connectivity index (χ3n) is 3.04. The van der Waals surface area contributed by atoms with Crippen molar-refractivity contribution in [3.05, 3.63) is 12.7 Å². The molecule has 0 aromatic rings. The fraction of sp³-hybridized carbons (Fsp3) is 0.833. The molecule has 34 heavy (non-hydrogen) atoms. The van der Waals surface area contributed by atoms with E-state index < -0.39 is 59.3 Å². The van der Waals surface area contributed by atoms with Gasteiger partial charge in [0.2, 0.25) is 0 Å². The number of hydrogen-bond acceptors (Lipinski definition) is 1. The van der Waals surface area contributed by atoms with Crippen LogP contribution in [0.1, 0.15) is 6.92 Å². The van der Waals surface area contributed by atoms with Crippen LogP contribution in [0.2, 0.25) is 0 Å². The van der Waals surface area contributed by atoms with Gasteiger partial charge in [-0.25, -0.2) is 0 Å². The zero-order chi connectivity index (χ0) is 28.8. The molecule has 0 aliphatic rings. The highest BCUT2D eigenvalue weighted by Crippen LogP contribution is 2.62. The summed E-state index contributed by atoms with van der Waals surface area (Å²) in [4.78, 5) is -5.46. The third kappa shape index (κ3) is 5.24. The molecular weight excluding hydrogens is 557 g/mol. The number of allylic oxidation sites excluding steroid dienone is 1. The van der Waals surface area contributed by atoms with Gasteiger partial charge < -0.3 is 0 Å². The maximum absolute atomic E-state index is 13.3. The second-order valence-corrected chi connectivity index (χ2v) is 5.58. The quantitative estimate of drug-likeness (QED) is 0.181. The topological polar surface area (TPSA) is 3.24 Å². The lowest BCUT2D eigenvalue weighted by molar-refractivity contribution is -0.521. The van der Waals surface area contributed by atoms with Gasteiger partial charge in [0.25, 0.3) is 0 Å². The van der Waals surface area contributed by atoms with Crippen molar-refractivity contribution in [2.75, 3.05) is 0 Å². The summed E-state index contributed by atoms with van der Waals surface area (Å²) in [5.74, 6) is -25.8. The van der Waals surface area contributed by atoms with E-state index in [1.807, 2.05) is 6.92 Å². The number of hydrogen-bond donors (Lipinski definition) is 0. The van der Waals surface area contributed by atoms with E-state index in [1.165, 1.54) is 0 Å². The van der Waals surface area contributed by atoms with Crippen LogP contribution in [-0.2, 0) is 0 Å². The molecule has 0 saturated carbocycles. The molecule has 0 heterocycles. The highest BCUT2D eigenvalue weighted by Gasteiger charge is 2.92. The second kappa shape index (κ2) is 9.03. The maximum Gasteiger partial charge on any atom is 0.461 e. The largest absolute Gasteiger partial charge is 0.461 e. The lowest BCUT2D eigenvalue weighted by Gasteiger charge is -2.47. The molecule has 0 atom stereocenters. The van der Waals surface area contributed by atoms with Gasteiger partial charge in [-0.1, -0.05) is 6.08 Å². The Bertz CT molecular complexity index is 602. The molecular formula is C12H6F21N. The maximum atomic E-state index is 13.3. The first-order chi connectivity index (χ1) is 14.3.